The first kappa shape index (κ1) is 23.9. The molecule has 3 heterocycles. The van der Waals surface area contributed by atoms with E-state index in [1.54, 1.807) is 0 Å². The molecule has 2 amide bonds. The zero-order chi connectivity index (χ0) is 27.0. The number of hydrogen-bond donors (Lipinski definition) is 0. The van der Waals surface area contributed by atoms with E-state index in [9.17, 15) is 14.9 Å². The molecule has 0 radical (unpaired) electrons. The van der Waals surface area contributed by atoms with E-state index in [1.165, 1.54) is 16.2 Å². The minimum Gasteiger partial charge on any atom is -0.489 e. The molecule has 40 heavy (non-hydrogen) atoms. The van der Waals surface area contributed by atoms with Crippen molar-refractivity contribution < 1.29 is 19.2 Å². The Morgan fingerprint density at radius 3 is 2.50 bits per heavy atom. The van der Waals surface area contributed by atoms with Crippen LogP contribution in [-0.2, 0) is 33.9 Å². The first-order chi connectivity index (χ1) is 19.6. The smallest absolute Gasteiger partial charge is 0.238 e. The summed E-state index contributed by atoms with van der Waals surface area (Å²) < 4.78 is 5.95. The second-order valence-corrected chi connectivity index (χ2v) is 12.6. The molecule has 1 saturated heterocycles. The van der Waals surface area contributed by atoms with Crippen LogP contribution >= 0.6 is 11.3 Å². The molecule has 5 aliphatic rings. The van der Waals surface area contributed by atoms with Crippen molar-refractivity contribution >= 4 is 33.9 Å². The number of benzene rings is 2. The number of thiophene rings is 1. The van der Waals surface area contributed by atoms with E-state index in [0.29, 0.717) is 17.2 Å². The number of ether oxygens (including phenoxy) is 1. The lowest BCUT2D eigenvalue weighted by molar-refractivity contribution is -0.125. The van der Waals surface area contributed by atoms with E-state index in [-0.39, 0.29) is 41.6 Å². The molecule has 2 aromatic carbocycles. The van der Waals surface area contributed by atoms with Gasteiger partial charge in [-0.15, -0.1) is 11.3 Å². The molecule has 3 aliphatic carbocycles. The molecule has 1 aromatic heterocycles. The van der Waals surface area contributed by atoms with Gasteiger partial charge in [-0.1, -0.05) is 35.5 Å². The lowest BCUT2D eigenvalue weighted by Crippen LogP contribution is -2.41. The van der Waals surface area contributed by atoms with Crippen LogP contribution in [0.2, 0.25) is 0 Å². The third-order valence-electron chi connectivity index (χ3n) is 9.56. The maximum Gasteiger partial charge on any atom is 0.238 e. The fourth-order valence-electron chi connectivity index (χ4n) is 7.85. The number of hydrogen-bond acceptors (Lipinski definition) is 7. The molecule has 6 unspecified atom stereocenters. The maximum atomic E-state index is 13.9. The minimum absolute atomic E-state index is 0.00294. The van der Waals surface area contributed by atoms with Gasteiger partial charge >= 0.3 is 0 Å². The zero-order valence-corrected chi connectivity index (χ0v) is 22.6. The quantitative estimate of drug-likeness (QED) is 0.405. The van der Waals surface area contributed by atoms with Crippen LogP contribution in [0.5, 0.6) is 5.75 Å². The predicted molar refractivity (Wildman–Crippen MR) is 149 cm³/mol. The molecule has 8 rings (SSSR count). The van der Waals surface area contributed by atoms with Crippen molar-refractivity contribution in [2.75, 3.05) is 4.90 Å². The van der Waals surface area contributed by atoms with Crippen molar-refractivity contribution in [2.24, 2.45) is 34.7 Å². The van der Waals surface area contributed by atoms with E-state index in [4.69, 9.17) is 9.57 Å². The fourth-order valence-corrected chi connectivity index (χ4v) is 9.20. The number of oxime groups is 1. The molecule has 200 valence electrons. The number of carbonyl (C=O) groups excluding carboxylic acids is 2. The number of anilines is 1. The summed E-state index contributed by atoms with van der Waals surface area (Å²) in [5.41, 5.74) is 4.49. The summed E-state index contributed by atoms with van der Waals surface area (Å²) in [5, 5.41) is 15.0. The largest absolute Gasteiger partial charge is 0.489 e. The number of fused-ring (bicyclic) bond motifs is 9. The first-order valence-electron chi connectivity index (χ1n) is 14.1. The molecular weight excluding hydrogens is 522 g/mol. The van der Waals surface area contributed by atoms with Crippen LogP contribution in [0.15, 0.2) is 59.8 Å². The van der Waals surface area contributed by atoms with E-state index in [1.807, 2.05) is 54.6 Å². The Hall–Kier alpha value is -3.96. The van der Waals surface area contributed by atoms with Crippen molar-refractivity contribution in [3.63, 3.8) is 0 Å². The molecule has 8 heteroatoms. The van der Waals surface area contributed by atoms with E-state index in [0.717, 1.165) is 65.1 Å². The molecule has 3 aromatic rings. The Morgan fingerprint density at radius 1 is 0.975 bits per heavy atom. The van der Waals surface area contributed by atoms with Gasteiger partial charge in [0.05, 0.1) is 23.1 Å². The van der Waals surface area contributed by atoms with Gasteiger partial charge in [0, 0.05) is 22.3 Å². The molecular formula is C32H27N3O4S. The molecule has 2 aliphatic heterocycles. The Kier molecular flexibility index (Phi) is 5.39. The van der Waals surface area contributed by atoms with Gasteiger partial charge in [-0.25, -0.2) is 4.90 Å². The molecule has 0 spiro atoms. The van der Waals surface area contributed by atoms with Gasteiger partial charge in [0.25, 0.3) is 0 Å². The van der Waals surface area contributed by atoms with Crippen molar-refractivity contribution in [1.82, 2.24) is 0 Å². The number of rotatable bonds is 5. The van der Waals surface area contributed by atoms with Crippen LogP contribution in [0.1, 0.15) is 46.4 Å². The number of nitrogens with zero attached hydrogens (tertiary/aromatic N) is 3. The van der Waals surface area contributed by atoms with Crippen LogP contribution in [0.3, 0.4) is 0 Å². The second-order valence-electron chi connectivity index (χ2n) is 11.5. The Bertz CT molecular complexity index is 1610. The summed E-state index contributed by atoms with van der Waals surface area (Å²) >= 11 is 1.47. The minimum atomic E-state index is -0.396. The molecule has 2 saturated carbocycles. The summed E-state index contributed by atoms with van der Waals surface area (Å²) in [6, 6.07) is 20.2. The van der Waals surface area contributed by atoms with Gasteiger partial charge in [0.1, 0.15) is 29.5 Å². The normalized spacial score (nSPS) is 29.5. The van der Waals surface area contributed by atoms with Crippen molar-refractivity contribution in [1.29, 1.82) is 5.26 Å². The van der Waals surface area contributed by atoms with Crippen LogP contribution in [-0.4, -0.2) is 23.6 Å². The van der Waals surface area contributed by atoms with Crippen LogP contribution in [0.25, 0.3) is 0 Å². The van der Waals surface area contributed by atoms with Gasteiger partial charge in [-0.05, 0) is 73.4 Å². The third kappa shape index (κ3) is 3.37. The fraction of sp³-hybridized carbons (Fsp3) is 0.375. The van der Waals surface area contributed by atoms with Crippen LogP contribution < -0.4 is 9.64 Å². The van der Waals surface area contributed by atoms with E-state index < -0.39 is 5.92 Å². The molecule has 0 N–H and O–H groups in total. The Balaban J connectivity index is 1.04. The number of aryl methyl sites for hydroxylation is 1. The number of nitriles is 1. The molecule has 6 atom stereocenters. The maximum absolute atomic E-state index is 13.9. The monoisotopic (exact) mass is 549 g/mol. The van der Waals surface area contributed by atoms with Crippen molar-refractivity contribution in [2.45, 2.75) is 44.8 Å². The Labute approximate surface area is 236 Å². The number of carbonyl (C=O) groups is 2. The zero-order valence-electron chi connectivity index (χ0n) is 21.8. The summed E-state index contributed by atoms with van der Waals surface area (Å²) in [6.45, 7) is 0.495. The van der Waals surface area contributed by atoms with Crippen molar-refractivity contribution in [3.05, 3.63) is 81.7 Å². The average molecular weight is 550 g/mol. The highest BCUT2D eigenvalue weighted by molar-refractivity contribution is 7.17. The topological polar surface area (TPSA) is 92.0 Å². The van der Waals surface area contributed by atoms with Crippen LogP contribution in [0.4, 0.5) is 5.00 Å². The second kappa shape index (κ2) is 9.03. The average Bonchev–Trinajstić information content (AvgIpc) is 3.79. The lowest BCUT2D eigenvalue weighted by atomic mass is 9.71. The highest BCUT2D eigenvalue weighted by atomic mass is 32.1. The summed E-state index contributed by atoms with van der Waals surface area (Å²) in [7, 11) is 0. The molecule has 3 fully saturated rings. The summed E-state index contributed by atoms with van der Waals surface area (Å²) in [5.74, 6) is -0.382. The highest BCUT2D eigenvalue weighted by Gasteiger charge is 2.70. The summed E-state index contributed by atoms with van der Waals surface area (Å²) in [6.07, 6.45) is 4.47. The SMILES string of the molecule is N#Cc1c(N2C(=O)C3C4CC(C5C(c6ccc(OCc7ccccc7)cc6)=NOC45)C3C2=O)sc2c1CCCC2. The molecule has 7 nitrogen and oxygen atoms in total. The Morgan fingerprint density at radius 2 is 1.73 bits per heavy atom. The van der Waals surface area contributed by atoms with E-state index >= 15 is 0 Å². The number of imide groups is 1. The van der Waals surface area contributed by atoms with Gasteiger partial charge < -0.3 is 9.57 Å². The number of amides is 2. The van der Waals surface area contributed by atoms with Crippen LogP contribution in [0, 0.1) is 40.9 Å². The lowest BCUT2D eigenvalue weighted by Gasteiger charge is -2.29. The van der Waals surface area contributed by atoms with Gasteiger partial charge in [0.2, 0.25) is 11.8 Å². The van der Waals surface area contributed by atoms with Gasteiger partial charge in [-0.2, -0.15) is 5.26 Å². The third-order valence-corrected chi connectivity index (χ3v) is 10.8. The van der Waals surface area contributed by atoms with E-state index in [2.05, 4.69) is 11.2 Å². The predicted octanol–water partition coefficient (Wildman–Crippen LogP) is 5.25. The first-order valence-corrected chi connectivity index (χ1v) is 14.9. The van der Waals surface area contributed by atoms with Crippen molar-refractivity contribution in [3.8, 4) is 11.8 Å². The standard InChI is InChI=1S/C32H27N3O4S/c33-15-23-20-8-4-5-9-24(20)40-32(23)35-30(36)25-21-14-22(26(25)31(35)37)29-27(21)28(34-39-29)18-10-12-19(13-11-18)38-16-17-6-2-1-3-7-17/h1-3,6-7,10-13,21-22,25-27,29H,4-5,8-9,14,16H2. The molecule has 2 bridgehead atoms. The highest BCUT2D eigenvalue weighted by Crippen LogP contribution is 2.62. The summed E-state index contributed by atoms with van der Waals surface area (Å²) in [4.78, 5) is 36.3. The van der Waals surface area contributed by atoms with Gasteiger partial charge in [0.15, 0.2) is 0 Å². The van der Waals surface area contributed by atoms with Gasteiger partial charge in [-0.3, -0.25) is 9.59 Å².